The van der Waals surface area contributed by atoms with Crippen LogP contribution in [-0.2, 0) is 16.3 Å². The van der Waals surface area contributed by atoms with Crippen molar-refractivity contribution in [3.63, 3.8) is 0 Å². The second-order valence-electron chi connectivity index (χ2n) is 5.00. The van der Waals surface area contributed by atoms with Crippen molar-refractivity contribution in [1.82, 2.24) is 10.3 Å². The van der Waals surface area contributed by atoms with Gasteiger partial charge in [-0.1, -0.05) is 37.3 Å². The number of aryl methyl sites for hydroxylation is 1. The van der Waals surface area contributed by atoms with Crippen LogP contribution in [0.15, 0.2) is 36.5 Å². The van der Waals surface area contributed by atoms with E-state index in [4.69, 9.17) is 0 Å². The van der Waals surface area contributed by atoms with Crippen molar-refractivity contribution >= 4 is 27.1 Å². The van der Waals surface area contributed by atoms with Gasteiger partial charge in [0.1, 0.15) is 14.7 Å². The lowest BCUT2D eigenvalue weighted by Gasteiger charge is -2.17. The molecule has 0 saturated heterocycles. The minimum absolute atomic E-state index is 0.137. The molecule has 0 saturated carbocycles. The van der Waals surface area contributed by atoms with Gasteiger partial charge in [-0.3, -0.25) is 4.79 Å². The summed E-state index contributed by atoms with van der Waals surface area (Å²) in [5, 5.41) is 3.68. The summed E-state index contributed by atoms with van der Waals surface area (Å²) in [5.41, 5.74) is 0.765. The SMILES string of the molecule is CCc1ncc(C(=O)NC(CS(C)(=O)=O)c2ccccc2)s1. The predicted molar refractivity (Wildman–Crippen MR) is 87.9 cm³/mol. The highest BCUT2D eigenvalue weighted by Gasteiger charge is 2.21. The number of hydrogen-bond acceptors (Lipinski definition) is 5. The van der Waals surface area contributed by atoms with Gasteiger partial charge in [0.05, 0.1) is 23.0 Å². The highest BCUT2D eigenvalue weighted by Crippen LogP contribution is 2.18. The van der Waals surface area contributed by atoms with Crippen molar-refractivity contribution in [1.29, 1.82) is 0 Å². The number of nitrogens with one attached hydrogen (secondary N) is 1. The minimum atomic E-state index is -3.23. The number of aromatic nitrogens is 1. The Morgan fingerprint density at radius 3 is 2.55 bits per heavy atom. The van der Waals surface area contributed by atoms with E-state index in [1.165, 1.54) is 17.5 Å². The Balaban J connectivity index is 2.20. The molecule has 5 nitrogen and oxygen atoms in total. The van der Waals surface area contributed by atoms with E-state index in [0.29, 0.717) is 4.88 Å². The molecule has 1 heterocycles. The zero-order chi connectivity index (χ0) is 16.2. The van der Waals surface area contributed by atoms with Crippen LogP contribution in [0.1, 0.15) is 33.2 Å². The number of hydrogen-bond donors (Lipinski definition) is 1. The molecule has 1 atom stereocenters. The molecule has 0 aliphatic rings. The summed E-state index contributed by atoms with van der Waals surface area (Å²) in [6.07, 6.45) is 3.46. The summed E-state index contributed by atoms with van der Waals surface area (Å²) in [7, 11) is -3.23. The molecular formula is C15H18N2O3S2. The molecule has 0 radical (unpaired) electrons. The fourth-order valence-corrected chi connectivity index (χ4v) is 3.66. The average Bonchev–Trinajstić information content (AvgIpc) is 2.95. The van der Waals surface area contributed by atoms with E-state index in [-0.39, 0.29) is 11.7 Å². The highest BCUT2D eigenvalue weighted by atomic mass is 32.2. The summed E-state index contributed by atoms with van der Waals surface area (Å²) >= 11 is 1.32. The monoisotopic (exact) mass is 338 g/mol. The number of carbonyl (C=O) groups is 1. The fraction of sp³-hybridized carbons (Fsp3) is 0.333. The smallest absolute Gasteiger partial charge is 0.263 e. The summed E-state index contributed by atoms with van der Waals surface area (Å²) in [5.74, 6) is -0.433. The van der Waals surface area contributed by atoms with Crippen LogP contribution in [0.5, 0.6) is 0 Å². The first-order valence-electron chi connectivity index (χ1n) is 6.87. The van der Waals surface area contributed by atoms with E-state index < -0.39 is 15.9 Å². The molecule has 0 fully saturated rings. The third-order valence-corrected chi connectivity index (χ3v) is 5.14. The number of thiazole rings is 1. The van der Waals surface area contributed by atoms with Crippen LogP contribution >= 0.6 is 11.3 Å². The zero-order valence-electron chi connectivity index (χ0n) is 12.4. The van der Waals surface area contributed by atoms with E-state index >= 15 is 0 Å². The number of carbonyl (C=O) groups excluding carboxylic acids is 1. The van der Waals surface area contributed by atoms with Gasteiger partial charge in [0.25, 0.3) is 5.91 Å². The lowest BCUT2D eigenvalue weighted by Crippen LogP contribution is -2.32. The molecule has 1 unspecified atom stereocenters. The maximum absolute atomic E-state index is 12.3. The molecule has 0 spiro atoms. The average molecular weight is 338 g/mol. The van der Waals surface area contributed by atoms with Crippen molar-refractivity contribution in [3.05, 3.63) is 52.0 Å². The lowest BCUT2D eigenvalue weighted by atomic mass is 10.1. The number of sulfone groups is 1. The Kier molecular flexibility index (Phi) is 5.31. The Hall–Kier alpha value is -1.73. The van der Waals surface area contributed by atoms with Gasteiger partial charge in [-0.05, 0) is 12.0 Å². The van der Waals surface area contributed by atoms with Gasteiger partial charge in [-0.15, -0.1) is 11.3 Å². The van der Waals surface area contributed by atoms with E-state index in [1.807, 2.05) is 25.1 Å². The third kappa shape index (κ3) is 4.64. The maximum atomic E-state index is 12.3. The van der Waals surface area contributed by atoms with E-state index in [9.17, 15) is 13.2 Å². The molecule has 1 aromatic carbocycles. The van der Waals surface area contributed by atoms with Gasteiger partial charge in [-0.25, -0.2) is 13.4 Å². The standard InChI is InChI=1S/C15H18N2O3S2/c1-3-14-16-9-13(21-14)15(18)17-12(10-22(2,19)20)11-7-5-4-6-8-11/h4-9,12H,3,10H2,1-2H3,(H,17,18). The van der Waals surface area contributed by atoms with Crippen LogP contribution in [-0.4, -0.2) is 31.3 Å². The molecule has 2 rings (SSSR count). The van der Waals surface area contributed by atoms with Crippen LogP contribution in [0, 0.1) is 0 Å². The second-order valence-corrected chi connectivity index (χ2v) is 8.30. The van der Waals surface area contributed by atoms with Gasteiger partial charge in [0, 0.05) is 6.26 Å². The topological polar surface area (TPSA) is 76.1 Å². The first-order chi connectivity index (χ1) is 10.4. The Morgan fingerprint density at radius 1 is 1.32 bits per heavy atom. The van der Waals surface area contributed by atoms with Crippen molar-refractivity contribution < 1.29 is 13.2 Å². The third-order valence-electron chi connectivity index (χ3n) is 3.06. The zero-order valence-corrected chi connectivity index (χ0v) is 14.1. The van der Waals surface area contributed by atoms with Gasteiger partial charge in [0.15, 0.2) is 0 Å². The summed E-state index contributed by atoms with van der Waals surface area (Å²) in [4.78, 5) is 16.9. The molecule has 22 heavy (non-hydrogen) atoms. The normalized spacial score (nSPS) is 12.8. The molecule has 1 aromatic heterocycles. The van der Waals surface area contributed by atoms with E-state index in [2.05, 4.69) is 10.3 Å². The quantitative estimate of drug-likeness (QED) is 0.876. The predicted octanol–water partition coefficient (Wildman–Crippen LogP) is 2.22. The largest absolute Gasteiger partial charge is 0.343 e. The van der Waals surface area contributed by atoms with Crippen molar-refractivity contribution in [2.45, 2.75) is 19.4 Å². The van der Waals surface area contributed by atoms with Crippen LogP contribution in [0.25, 0.3) is 0 Å². The van der Waals surface area contributed by atoms with Gasteiger partial charge in [0.2, 0.25) is 0 Å². The summed E-state index contributed by atoms with van der Waals surface area (Å²) in [6, 6.07) is 8.52. The highest BCUT2D eigenvalue weighted by molar-refractivity contribution is 7.90. The molecular weight excluding hydrogens is 320 g/mol. The molecule has 1 N–H and O–H groups in total. The van der Waals surface area contributed by atoms with Crippen LogP contribution in [0.4, 0.5) is 0 Å². The molecule has 0 aliphatic heterocycles. The number of nitrogens with zero attached hydrogens (tertiary/aromatic N) is 1. The van der Waals surface area contributed by atoms with Crippen molar-refractivity contribution in [2.24, 2.45) is 0 Å². The van der Waals surface area contributed by atoms with Crippen LogP contribution < -0.4 is 5.32 Å². The number of benzene rings is 1. The van der Waals surface area contributed by atoms with E-state index in [0.717, 1.165) is 23.2 Å². The molecule has 0 bridgehead atoms. The van der Waals surface area contributed by atoms with E-state index in [1.54, 1.807) is 12.1 Å². The Bertz CT molecular complexity index is 739. The van der Waals surface area contributed by atoms with Gasteiger partial charge < -0.3 is 5.32 Å². The van der Waals surface area contributed by atoms with Gasteiger partial charge >= 0.3 is 0 Å². The fourth-order valence-electron chi connectivity index (χ4n) is 2.02. The molecule has 1 amide bonds. The summed E-state index contributed by atoms with van der Waals surface area (Å²) < 4.78 is 23.2. The van der Waals surface area contributed by atoms with Crippen LogP contribution in [0.3, 0.4) is 0 Å². The molecule has 7 heteroatoms. The van der Waals surface area contributed by atoms with Crippen LogP contribution in [0.2, 0.25) is 0 Å². The number of amides is 1. The molecule has 118 valence electrons. The molecule has 2 aromatic rings. The van der Waals surface area contributed by atoms with Gasteiger partial charge in [-0.2, -0.15) is 0 Å². The lowest BCUT2D eigenvalue weighted by molar-refractivity contribution is 0.0944. The first-order valence-corrected chi connectivity index (χ1v) is 9.75. The van der Waals surface area contributed by atoms with Crippen molar-refractivity contribution in [2.75, 3.05) is 12.0 Å². The molecule has 0 aliphatic carbocycles. The first kappa shape index (κ1) is 16.6. The van der Waals surface area contributed by atoms with Crippen molar-refractivity contribution in [3.8, 4) is 0 Å². The summed E-state index contributed by atoms with van der Waals surface area (Å²) in [6.45, 7) is 1.97. The minimum Gasteiger partial charge on any atom is -0.343 e. The number of rotatable bonds is 6. The second kappa shape index (κ2) is 7.02. The maximum Gasteiger partial charge on any atom is 0.263 e. The Labute approximate surface area is 134 Å². The Morgan fingerprint density at radius 2 is 2.00 bits per heavy atom.